The second-order valence-electron chi connectivity index (χ2n) is 5.89. The maximum Gasteiger partial charge on any atom is 0.320 e. The fourth-order valence-electron chi connectivity index (χ4n) is 2.14. The fraction of sp³-hybridized carbons (Fsp3) is 0.562. The molecule has 0 saturated carbocycles. The van der Waals surface area contributed by atoms with Crippen molar-refractivity contribution in [3.8, 4) is 0 Å². The number of carbonyl (C=O) groups is 1. The molecule has 1 aliphatic heterocycles. The van der Waals surface area contributed by atoms with E-state index in [1.165, 1.54) is 0 Å². The van der Waals surface area contributed by atoms with Crippen LogP contribution in [0.3, 0.4) is 0 Å². The molecule has 1 fully saturated rings. The number of ether oxygens (including phenoxy) is 2. The first-order valence-electron chi connectivity index (χ1n) is 7.21. The Kier molecular flexibility index (Phi) is 5.62. The SMILES string of the molecule is CCN(CC(=O)OCC1(C)COC1)Cc1ccc(Cl)cc1. The quantitative estimate of drug-likeness (QED) is 0.726. The molecule has 4 nitrogen and oxygen atoms in total. The van der Waals surface area contributed by atoms with Crippen molar-refractivity contribution < 1.29 is 14.3 Å². The first kappa shape index (κ1) is 16.3. The van der Waals surface area contributed by atoms with Gasteiger partial charge in [0.25, 0.3) is 0 Å². The first-order chi connectivity index (χ1) is 10.0. The molecule has 0 radical (unpaired) electrons. The van der Waals surface area contributed by atoms with Crippen molar-refractivity contribution in [2.75, 3.05) is 32.9 Å². The molecule has 0 aliphatic carbocycles. The van der Waals surface area contributed by atoms with E-state index in [0.717, 1.165) is 17.1 Å². The minimum atomic E-state index is -0.182. The molecule has 0 unspecified atom stereocenters. The molecule has 1 aromatic rings. The maximum atomic E-state index is 11.9. The number of esters is 1. The predicted molar refractivity (Wildman–Crippen MR) is 82.3 cm³/mol. The molecule has 1 heterocycles. The number of hydrogen-bond donors (Lipinski definition) is 0. The van der Waals surface area contributed by atoms with Gasteiger partial charge in [-0.1, -0.05) is 37.6 Å². The number of hydrogen-bond acceptors (Lipinski definition) is 4. The van der Waals surface area contributed by atoms with Crippen molar-refractivity contribution >= 4 is 17.6 Å². The molecule has 21 heavy (non-hydrogen) atoms. The van der Waals surface area contributed by atoms with Gasteiger partial charge in [0.05, 0.1) is 19.8 Å². The number of benzene rings is 1. The lowest BCUT2D eigenvalue weighted by Gasteiger charge is -2.37. The first-order valence-corrected chi connectivity index (χ1v) is 7.59. The van der Waals surface area contributed by atoms with Gasteiger partial charge in [0.1, 0.15) is 6.61 Å². The van der Waals surface area contributed by atoms with Gasteiger partial charge in [0.15, 0.2) is 0 Å². The van der Waals surface area contributed by atoms with Crippen molar-refractivity contribution in [2.24, 2.45) is 5.41 Å². The third-order valence-corrected chi connectivity index (χ3v) is 3.85. The summed E-state index contributed by atoms with van der Waals surface area (Å²) in [6.45, 7) is 7.67. The van der Waals surface area contributed by atoms with Gasteiger partial charge in [-0.25, -0.2) is 0 Å². The molecule has 0 N–H and O–H groups in total. The Labute approximate surface area is 131 Å². The Morgan fingerprint density at radius 3 is 2.57 bits per heavy atom. The molecule has 0 aromatic heterocycles. The lowest BCUT2D eigenvalue weighted by Crippen LogP contribution is -2.44. The molecule has 1 aliphatic rings. The van der Waals surface area contributed by atoms with Crippen LogP contribution >= 0.6 is 11.6 Å². The Morgan fingerprint density at radius 2 is 2.05 bits per heavy atom. The minimum Gasteiger partial charge on any atom is -0.464 e. The summed E-state index contributed by atoms with van der Waals surface area (Å²) in [5.74, 6) is -0.182. The van der Waals surface area contributed by atoms with Gasteiger partial charge in [0.2, 0.25) is 0 Å². The molecule has 5 heteroatoms. The van der Waals surface area contributed by atoms with Gasteiger partial charge in [-0.2, -0.15) is 0 Å². The van der Waals surface area contributed by atoms with Crippen LogP contribution in [0.1, 0.15) is 19.4 Å². The van der Waals surface area contributed by atoms with E-state index in [2.05, 4.69) is 6.92 Å². The molecule has 0 spiro atoms. The average molecular weight is 312 g/mol. The van der Waals surface area contributed by atoms with E-state index in [9.17, 15) is 4.79 Å². The summed E-state index contributed by atoms with van der Waals surface area (Å²) >= 11 is 5.87. The number of nitrogens with zero attached hydrogens (tertiary/aromatic N) is 1. The van der Waals surface area contributed by atoms with Crippen molar-refractivity contribution in [3.05, 3.63) is 34.9 Å². The van der Waals surface area contributed by atoms with Crippen LogP contribution in [0.15, 0.2) is 24.3 Å². The largest absolute Gasteiger partial charge is 0.464 e. The van der Waals surface area contributed by atoms with Crippen LogP contribution < -0.4 is 0 Å². The lowest BCUT2D eigenvalue weighted by molar-refractivity contribution is -0.166. The highest BCUT2D eigenvalue weighted by Crippen LogP contribution is 2.26. The molecule has 0 amide bonds. The number of likely N-dealkylation sites (N-methyl/N-ethyl adjacent to an activating group) is 1. The summed E-state index contributed by atoms with van der Waals surface area (Å²) in [5.41, 5.74) is 1.14. The van der Waals surface area contributed by atoms with Crippen molar-refractivity contribution in [1.82, 2.24) is 4.90 Å². The second kappa shape index (κ2) is 7.25. The van der Waals surface area contributed by atoms with E-state index in [1.54, 1.807) is 0 Å². The highest BCUT2D eigenvalue weighted by Gasteiger charge is 2.34. The third-order valence-electron chi connectivity index (χ3n) is 3.60. The maximum absolute atomic E-state index is 11.9. The summed E-state index contributed by atoms with van der Waals surface area (Å²) < 4.78 is 10.5. The van der Waals surface area contributed by atoms with Crippen molar-refractivity contribution in [3.63, 3.8) is 0 Å². The molecule has 1 saturated heterocycles. The van der Waals surface area contributed by atoms with Crippen molar-refractivity contribution in [1.29, 1.82) is 0 Å². The van der Waals surface area contributed by atoms with Crippen LogP contribution in [0.25, 0.3) is 0 Å². The second-order valence-corrected chi connectivity index (χ2v) is 6.33. The van der Waals surface area contributed by atoms with Gasteiger partial charge in [-0.05, 0) is 24.2 Å². The highest BCUT2D eigenvalue weighted by molar-refractivity contribution is 6.30. The molecule has 0 bridgehead atoms. The molecule has 0 atom stereocenters. The van der Waals surface area contributed by atoms with E-state index in [4.69, 9.17) is 21.1 Å². The van der Waals surface area contributed by atoms with Crippen LogP contribution in [-0.2, 0) is 20.8 Å². The van der Waals surface area contributed by atoms with E-state index >= 15 is 0 Å². The van der Waals surface area contributed by atoms with Crippen molar-refractivity contribution in [2.45, 2.75) is 20.4 Å². The zero-order chi connectivity index (χ0) is 15.3. The standard InChI is InChI=1S/C16H22ClNO3/c1-3-18(8-13-4-6-14(17)7-5-13)9-15(19)21-12-16(2)10-20-11-16/h4-7H,3,8-12H2,1-2H3. The van der Waals surface area contributed by atoms with E-state index in [-0.39, 0.29) is 11.4 Å². The lowest BCUT2D eigenvalue weighted by atomic mass is 9.90. The average Bonchev–Trinajstić information content (AvgIpc) is 2.44. The number of halogens is 1. The molecular formula is C16H22ClNO3. The van der Waals surface area contributed by atoms with Gasteiger partial charge in [-0.3, -0.25) is 9.69 Å². The summed E-state index contributed by atoms with van der Waals surface area (Å²) in [7, 11) is 0. The monoisotopic (exact) mass is 311 g/mol. The Hall–Kier alpha value is -1.10. The van der Waals surface area contributed by atoms with E-state index in [1.807, 2.05) is 36.1 Å². The minimum absolute atomic E-state index is 0.00286. The normalized spacial score (nSPS) is 16.6. The zero-order valence-corrected chi connectivity index (χ0v) is 13.4. The number of rotatable bonds is 7. The van der Waals surface area contributed by atoms with E-state index in [0.29, 0.717) is 32.9 Å². The third kappa shape index (κ3) is 4.99. The van der Waals surface area contributed by atoms with Crippen LogP contribution in [0, 0.1) is 5.41 Å². The summed E-state index contributed by atoms with van der Waals surface area (Å²) in [6.07, 6.45) is 0. The van der Waals surface area contributed by atoms with Crippen LogP contribution in [0.2, 0.25) is 5.02 Å². The zero-order valence-electron chi connectivity index (χ0n) is 12.6. The van der Waals surface area contributed by atoms with Gasteiger partial charge >= 0.3 is 5.97 Å². The molecule has 1 aromatic carbocycles. The smallest absolute Gasteiger partial charge is 0.320 e. The fourth-order valence-corrected chi connectivity index (χ4v) is 2.27. The summed E-state index contributed by atoms with van der Waals surface area (Å²) in [4.78, 5) is 14.0. The highest BCUT2D eigenvalue weighted by atomic mass is 35.5. The molecule has 2 rings (SSSR count). The summed E-state index contributed by atoms with van der Waals surface area (Å²) in [5, 5.41) is 0.720. The van der Waals surface area contributed by atoms with Crippen LogP contribution in [0.4, 0.5) is 0 Å². The van der Waals surface area contributed by atoms with Gasteiger partial charge < -0.3 is 9.47 Å². The van der Waals surface area contributed by atoms with Gasteiger partial charge in [-0.15, -0.1) is 0 Å². The number of carbonyl (C=O) groups excluding carboxylic acids is 1. The Bertz CT molecular complexity index is 471. The molecule has 116 valence electrons. The van der Waals surface area contributed by atoms with E-state index < -0.39 is 0 Å². The molecular weight excluding hydrogens is 290 g/mol. The van der Waals surface area contributed by atoms with Gasteiger partial charge in [0, 0.05) is 17.0 Å². The Morgan fingerprint density at radius 1 is 1.38 bits per heavy atom. The van der Waals surface area contributed by atoms with Crippen LogP contribution in [-0.4, -0.2) is 43.8 Å². The predicted octanol–water partition coefficient (Wildman–Crippen LogP) is 2.74. The summed E-state index contributed by atoms with van der Waals surface area (Å²) in [6, 6.07) is 7.67. The van der Waals surface area contributed by atoms with Crippen LogP contribution in [0.5, 0.6) is 0 Å². The topological polar surface area (TPSA) is 38.8 Å². The Balaban J connectivity index is 1.78.